The van der Waals surface area contributed by atoms with Crippen LogP contribution in [0.5, 0.6) is 11.5 Å². The number of nitrogens with zero attached hydrogens (tertiary/aromatic N) is 1. The summed E-state index contributed by atoms with van der Waals surface area (Å²) >= 11 is 0. The number of methoxy groups -OCH3 is 1. The van der Waals surface area contributed by atoms with E-state index in [-0.39, 0.29) is 17.8 Å². The van der Waals surface area contributed by atoms with Gasteiger partial charge in [0.25, 0.3) is 0 Å². The Balaban J connectivity index is 1.88. The van der Waals surface area contributed by atoms with E-state index in [0.717, 1.165) is 37.1 Å². The van der Waals surface area contributed by atoms with Gasteiger partial charge in [0.05, 0.1) is 13.2 Å². The van der Waals surface area contributed by atoms with Crippen LogP contribution < -0.4 is 4.74 Å². The lowest BCUT2D eigenvalue weighted by atomic mass is 9.74. The lowest BCUT2D eigenvalue weighted by molar-refractivity contribution is 0.0828. The molecule has 3 atom stereocenters. The number of aliphatic hydroxyl groups excluding tert-OH is 1. The molecule has 3 aliphatic rings. The highest BCUT2D eigenvalue weighted by Crippen LogP contribution is 2.48. The fraction of sp³-hybridized carbons (Fsp3) is 0.500. The van der Waals surface area contributed by atoms with Crippen molar-refractivity contribution < 1.29 is 14.9 Å². The molecule has 2 N–H and O–H groups in total. The fourth-order valence-corrected chi connectivity index (χ4v) is 4.12. The van der Waals surface area contributed by atoms with Crippen LogP contribution in [0.25, 0.3) is 0 Å². The Labute approximate surface area is 118 Å². The van der Waals surface area contributed by atoms with Crippen molar-refractivity contribution in [1.82, 2.24) is 4.90 Å². The lowest BCUT2D eigenvalue weighted by Crippen LogP contribution is -2.45. The summed E-state index contributed by atoms with van der Waals surface area (Å²) in [6.07, 6.45) is 3.70. The van der Waals surface area contributed by atoms with Crippen LogP contribution in [0.3, 0.4) is 0 Å². The normalized spacial score (nSPS) is 31.5. The van der Waals surface area contributed by atoms with Crippen LogP contribution >= 0.6 is 0 Å². The first kappa shape index (κ1) is 12.2. The Morgan fingerprint density at radius 1 is 1.35 bits per heavy atom. The zero-order chi connectivity index (χ0) is 13.9. The second-order valence-corrected chi connectivity index (χ2v) is 6.00. The number of hydrogen-bond acceptors (Lipinski definition) is 4. The van der Waals surface area contributed by atoms with Gasteiger partial charge in [-0.1, -0.05) is 11.6 Å². The quantitative estimate of drug-likeness (QED) is 0.766. The van der Waals surface area contributed by atoms with Gasteiger partial charge in [-0.05, 0) is 36.1 Å². The van der Waals surface area contributed by atoms with Gasteiger partial charge in [0.2, 0.25) is 0 Å². The molecule has 0 aromatic heterocycles. The number of benzene rings is 1. The number of rotatable bonds is 1. The number of phenolic OH excluding ortho intramolecular Hbond substituents is 1. The highest BCUT2D eigenvalue weighted by Gasteiger charge is 2.45. The molecule has 1 fully saturated rings. The molecule has 0 spiro atoms. The molecule has 4 heteroatoms. The first-order chi connectivity index (χ1) is 9.69. The standard InChI is InChI=1S/C16H19NO3/c1-20-14-7-11-10(6-13(14)19)8-17-5-4-9-2-3-12(18)15(11)16(9)17/h2,6-7,12,15-16,18-19H,3-5,8H2,1H3. The SMILES string of the molecule is COc1cc2c(cc1O)CN1CCC3=CCC(O)C2C31. The number of fused-ring (bicyclic) bond motifs is 2. The zero-order valence-electron chi connectivity index (χ0n) is 11.5. The molecule has 0 amide bonds. The minimum Gasteiger partial charge on any atom is -0.504 e. The Bertz CT molecular complexity index is 596. The van der Waals surface area contributed by atoms with Crippen molar-refractivity contribution in [3.8, 4) is 11.5 Å². The van der Waals surface area contributed by atoms with Crippen LogP contribution in [0.1, 0.15) is 29.9 Å². The van der Waals surface area contributed by atoms with E-state index in [2.05, 4.69) is 11.0 Å². The second kappa shape index (κ2) is 4.24. The predicted octanol–water partition coefficient (Wildman–Crippen LogP) is 1.76. The number of hydrogen-bond donors (Lipinski definition) is 2. The van der Waals surface area contributed by atoms with Gasteiger partial charge >= 0.3 is 0 Å². The fourth-order valence-electron chi connectivity index (χ4n) is 4.12. The van der Waals surface area contributed by atoms with Gasteiger partial charge in [0.15, 0.2) is 11.5 Å². The number of aliphatic hydroxyl groups is 1. The molecule has 4 rings (SSSR count). The molecule has 2 heterocycles. The molecule has 1 aromatic rings. The van der Waals surface area contributed by atoms with Gasteiger partial charge in [0.1, 0.15) is 0 Å². The molecule has 4 nitrogen and oxygen atoms in total. The maximum absolute atomic E-state index is 10.5. The number of ether oxygens (including phenoxy) is 1. The highest BCUT2D eigenvalue weighted by atomic mass is 16.5. The third kappa shape index (κ3) is 1.55. The summed E-state index contributed by atoms with van der Waals surface area (Å²) in [7, 11) is 1.56. The summed E-state index contributed by atoms with van der Waals surface area (Å²) in [6, 6.07) is 4.05. The van der Waals surface area contributed by atoms with Crippen molar-refractivity contribution in [1.29, 1.82) is 0 Å². The average Bonchev–Trinajstić information content (AvgIpc) is 2.84. The summed E-state index contributed by atoms with van der Waals surface area (Å²) in [5.41, 5.74) is 3.73. The molecular formula is C16H19NO3. The molecule has 0 radical (unpaired) electrons. The second-order valence-electron chi connectivity index (χ2n) is 6.00. The molecule has 1 aliphatic carbocycles. The van der Waals surface area contributed by atoms with E-state index in [1.54, 1.807) is 13.2 Å². The van der Waals surface area contributed by atoms with E-state index in [4.69, 9.17) is 4.74 Å². The van der Waals surface area contributed by atoms with Crippen molar-refractivity contribution in [2.24, 2.45) is 0 Å². The Morgan fingerprint density at radius 2 is 2.20 bits per heavy atom. The van der Waals surface area contributed by atoms with Crippen molar-refractivity contribution in [2.45, 2.75) is 37.5 Å². The van der Waals surface area contributed by atoms with E-state index in [1.807, 2.05) is 6.07 Å². The molecule has 3 unspecified atom stereocenters. The Kier molecular flexibility index (Phi) is 2.59. The van der Waals surface area contributed by atoms with Crippen LogP contribution in [-0.2, 0) is 6.54 Å². The first-order valence-electron chi connectivity index (χ1n) is 7.20. The topological polar surface area (TPSA) is 52.9 Å². The molecular weight excluding hydrogens is 254 g/mol. The number of phenols is 1. The number of aromatic hydroxyl groups is 1. The van der Waals surface area contributed by atoms with E-state index in [0.29, 0.717) is 11.8 Å². The van der Waals surface area contributed by atoms with Crippen molar-refractivity contribution in [3.63, 3.8) is 0 Å². The van der Waals surface area contributed by atoms with Gasteiger partial charge in [0, 0.05) is 25.0 Å². The van der Waals surface area contributed by atoms with E-state index in [9.17, 15) is 10.2 Å². The lowest BCUT2D eigenvalue weighted by Gasteiger charge is -2.43. The minimum atomic E-state index is -0.349. The molecule has 106 valence electrons. The smallest absolute Gasteiger partial charge is 0.160 e. The average molecular weight is 273 g/mol. The minimum absolute atomic E-state index is 0.107. The van der Waals surface area contributed by atoms with Crippen LogP contribution in [-0.4, -0.2) is 40.9 Å². The van der Waals surface area contributed by atoms with Crippen LogP contribution in [0.15, 0.2) is 23.8 Å². The maximum atomic E-state index is 10.5. The van der Waals surface area contributed by atoms with Crippen LogP contribution in [0, 0.1) is 0 Å². The Morgan fingerprint density at radius 3 is 3.00 bits per heavy atom. The molecule has 0 saturated carbocycles. The van der Waals surface area contributed by atoms with Crippen LogP contribution in [0.2, 0.25) is 0 Å². The Hall–Kier alpha value is -1.52. The maximum Gasteiger partial charge on any atom is 0.160 e. The van der Waals surface area contributed by atoms with E-state index in [1.165, 1.54) is 5.57 Å². The molecule has 1 aromatic carbocycles. The van der Waals surface area contributed by atoms with Crippen molar-refractivity contribution in [3.05, 3.63) is 34.9 Å². The van der Waals surface area contributed by atoms with Gasteiger partial charge < -0.3 is 14.9 Å². The van der Waals surface area contributed by atoms with Crippen molar-refractivity contribution in [2.75, 3.05) is 13.7 Å². The zero-order valence-corrected chi connectivity index (χ0v) is 11.5. The summed E-state index contributed by atoms with van der Waals surface area (Å²) in [5.74, 6) is 0.791. The summed E-state index contributed by atoms with van der Waals surface area (Å²) < 4.78 is 5.24. The van der Waals surface area contributed by atoms with Gasteiger partial charge in [-0.2, -0.15) is 0 Å². The summed E-state index contributed by atoms with van der Waals surface area (Å²) in [4.78, 5) is 2.42. The molecule has 1 saturated heterocycles. The largest absolute Gasteiger partial charge is 0.504 e. The summed E-state index contributed by atoms with van der Waals surface area (Å²) in [5, 5.41) is 20.5. The highest BCUT2D eigenvalue weighted by molar-refractivity contribution is 5.51. The van der Waals surface area contributed by atoms with E-state index >= 15 is 0 Å². The summed E-state index contributed by atoms with van der Waals surface area (Å²) in [6.45, 7) is 1.89. The van der Waals surface area contributed by atoms with Crippen molar-refractivity contribution >= 4 is 0 Å². The third-order valence-corrected chi connectivity index (χ3v) is 5.01. The monoisotopic (exact) mass is 273 g/mol. The van der Waals surface area contributed by atoms with E-state index < -0.39 is 0 Å². The third-order valence-electron chi connectivity index (χ3n) is 5.01. The molecule has 2 aliphatic heterocycles. The molecule has 0 bridgehead atoms. The molecule has 20 heavy (non-hydrogen) atoms. The van der Waals surface area contributed by atoms with Gasteiger partial charge in [-0.3, -0.25) is 4.90 Å². The van der Waals surface area contributed by atoms with Crippen LogP contribution in [0.4, 0.5) is 0 Å². The first-order valence-corrected chi connectivity index (χ1v) is 7.20. The van der Waals surface area contributed by atoms with Gasteiger partial charge in [-0.15, -0.1) is 0 Å². The predicted molar refractivity (Wildman–Crippen MR) is 74.9 cm³/mol. The van der Waals surface area contributed by atoms with Gasteiger partial charge in [-0.25, -0.2) is 0 Å².